The van der Waals surface area contributed by atoms with E-state index >= 15 is 0 Å². The van der Waals surface area contributed by atoms with Gasteiger partial charge in [0.2, 0.25) is 0 Å². The van der Waals surface area contributed by atoms with E-state index in [2.05, 4.69) is 0 Å². The molecule has 0 aliphatic heterocycles. The third-order valence-electron chi connectivity index (χ3n) is 4.44. The number of aliphatic hydroxyl groups excluding tert-OH is 1. The molecule has 0 fully saturated rings. The number of aromatic hydroxyl groups is 2. The van der Waals surface area contributed by atoms with Gasteiger partial charge in [0.15, 0.2) is 11.6 Å². The van der Waals surface area contributed by atoms with E-state index in [1.54, 1.807) is 19.9 Å². The standard InChI is InChI=1S/C18H20O7/c1-9(2)3-6-13(22)18(8-14(23)24)7-12(21)15-10(19)4-5-11(20)16(15)17(18)25/h3-5,13,19-20,22H,6-8H2,1-2H3,(H,23,24)/p-1. The van der Waals surface area contributed by atoms with E-state index < -0.39 is 59.0 Å². The maximum absolute atomic E-state index is 13.0. The van der Waals surface area contributed by atoms with E-state index in [0.29, 0.717) is 0 Å². The molecular formula is C18H19O7-. The summed E-state index contributed by atoms with van der Waals surface area (Å²) in [6.45, 7) is 3.54. The monoisotopic (exact) mass is 347 g/mol. The second-order valence-electron chi connectivity index (χ2n) is 6.52. The molecule has 0 saturated heterocycles. The largest absolute Gasteiger partial charge is 0.550 e. The minimum Gasteiger partial charge on any atom is -0.550 e. The highest BCUT2D eigenvalue weighted by Crippen LogP contribution is 2.46. The summed E-state index contributed by atoms with van der Waals surface area (Å²) in [5.41, 5.74) is -1.93. The Morgan fingerprint density at radius 2 is 1.80 bits per heavy atom. The van der Waals surface area contributed by atoms with Crippen molar-refractivity contribution in [2.45, 2.75) is 39.2 Å². The number of fused-ring (bicyclic) bond motifs is 1. The number of phenolic OH excluding ortho intramolecular Hbond substituents is 2. The van der Waals surface area contributed by atoms with Crippen LogP contribution in [0.3, 0.4) is 0 Å². The molecule has 134 valence electrons. The van der Waals surface area contributed by atoms with Gasteiger partial charge in [0.25, 0.3) is 0 Å². The molecule has 7 nitrogen and oxygen atoms in total. The van der Waals surface area contributed by atoms with Crippen molar-refractivity contribution >= 4 is 17.5 Å². The highest BCUT2D eigenvalue weighted by molar-refractivity contribution is 6.20. The van der Waals surface area contributed by atoms with Gasteiger partial charge in [-0.3, -0.25) is 9.59 Å². The first-order valence-corrected chi connectivity index (χ1v) is 7.74. The van der Waals surface area contributed by atoms with Crippen molar-refractivity contribution in [2.75, 3.05) is 0 Å². The molecule has 0 heterocycles. The smallest absolute Gasteiger partial charge is 0.177 e. The van der Waals surface area contributed by atoms with Crippen molar-refractivity contribution in [1.29, 1.82) is 0 Å². The third kappa shape index (κ3) is 3.28. The van der Waals surface area contributed by atoms with Gasteiger partial charge in [-0.15, -0.1) is 0 Å². The van der Waals surface area contributed by atoms with Gasteiger partial charge in [-0.2, -0.15) is 0 Å². The molecule has 1 aromatic carbocycles. The van der Waals surface area contributed by atoms with Gasteiger partial charge >= 0.3 is 0 Å². The predicted molar refractivity (Wildman–Crippen MR) is 85.2 cm³/mol. The molecule has 25 heavy (non-hydrogen) atoms. The van der Waals surface area contributed by atoms with Gasteiger partial charge < -0.3 is 25.2 Å². The number of carbonyl (C=O) groups excluding carboxylic acids is 3. The molecule has 0 spiro atoms. The second-order valence-corrected chi connectivity index (χ2v) is 6.52. The number of carboxylic acids is 1. The quantitative estimate of drug-likeness (QED) is 0.527. The molecule has 0 saturated carbocycles. The van der Waals surface area contributed by atoms with E-state index in [-0.39, 0.29) is 12.0 Å². The molecule has 0 bridgehead atoms. The number of aliphatic hydroxyl groups is 1. The van der Waals surface area contributed by atoms with Gasteiger partial charge in [0.05, 0.1) is 22.6 Å². The first-order valence-electron chi connectivity index (χ1n) is 7.74. The molecule has 2 rings (SSSR count). The van der Waals surface area contributed by atoms with Gasteiger partial charge in [-0.1, -0.05) is 11.6 Å². The Morgan fingerprint density at radius 3 is 2.32 bits per heavy atom. The Morgan fingerprint density at radius 1 is 1.24 bits per heavy atom. The number of phenols is 2. The predicted octanol–water partition coefficient (Wildman–Crippen LogP) is 0.710. The van der Waals surface area contributed by atoms with Crippen molar-refractivity contribution in [2.24, 2.45) is 5.41 Å². The lowest BCUT2D eigenvalue weighted by atomic mass is 9.63. The first-order chi connectivity index (χ1) is 11.6. The van der Waals surface area contributed by atoms with Gasteiger partial charge in [0.1, 0.15) is 11.5 Å². The number of rotatable bonds is 5. The van der Waals surface area contributed by atoms with Crippen molar-refractivity contribution < 1.29 is 34.8 Å². The number of carboxylic acid groups (broad SMARTS) is 1. The van der Waals surface area contributed by atoms with Crippen LogP contribution in [-0.2, 0) is 4.79 Å². The van der Waals surface area contributed by atoms with Gasteiger partial charge in [0, 0.05) is 18.8 Å². The van der Waals surface area contributed by atoms with Crippen LogP contribution in [0.2, 0.25) is 0 Å². The number of hydrogen-bond acceptors (Lipinski definition) is 7. The summed E-state index contributed by atoms with van der Waals surface area (Å²) in [6, 6.07) is 2.11. The number of allylic oxidation sites excluding steroid dienone is 1. The lowest BCUT2D eigenvalue weighted by Gasteiger charge is -2.39. The van der Waals surface area contributed by atoms with E-state index in [1.807, 2.05) is 0 Å². The molecule has 2 unspecified atom stereocenters. The molecule has 3 N–H and O–H groups in total. The zero-order valence-electron chi connectivity index (χ0n) is 13.9. The number of aliphatic carboxylic acids is 1. The molecule has 1 aliphatic rings. The van der Waals surface area contributed by atoms with Crippen molar-refractivity contribution in [3.63, 3.8) is 0 Å². The normalized spacial score (nSPS) is 20.8. The molecule has 2 atom stereocenters. The van der Waals surface area contributed by atoms with Crippen LogP contribution in [-0.4, -0.2) is 39.0 Å². The maximum Gasteiger partial charge on any atom is 0.177 e. The van der Waals surface area contributed by atoms with Crippen LogP contribution in [0.5, 0.6) is 11.5 Å². The van der Waals surface area contributed by atoms with Gasteiger partial charge in [-0.05, 0) is 32.4 Å². The number of Topliss-reactive ketones (excluding diaryl/α,β-unsaturated/α-hetero) is 2. The zero-order valence-corrected chi connectivity index (χ0v) is 13.9. The summed E-state index contributed by atoms with van der Waals surface area (Å²) in [7, 11) is 0. The Balaban J connectivity index is 2.63. The lowest BCUT2D eigenvalue weighted by molar-refractivity contribution is -0.308. The molecule has 1 aliphatic carbocycles. The van der Waals surface area contributed by atoms with E-state index in [4.69, 9.17) is 0 Å². The van der Waals surface area contributed by atoms with E-state index in [9.17, 15) is 34.8 Å². The number of ketones is 2. The van der Waals surface area contributed by atoms with Crippen LogP contribution >= 0.6 is 0 Å². The zero-order chi connectivity index (χ0) is 18.9. The summed E-state index contributed by atoms with van der Waals surface area (Å²) < 4.78 is 0. The molecule has 0 amide bonds. The van der Waals surface area contributed by atoms with Crippen LogP contribution in [0, 0.1) is 5.41 Å². The Labute approximate surface area is 144 Å². The summed E-state index contributed by atoms with van der Waals surface area (Å²) in [5, 5.41) is 41.6. The number of benzene rings is 1. The van der Waals surface area contributed by atoms with Crippen LogP contribution in [0.1, 0.15) is 53.8 Å². The minimum atomic E-state index is -1.96. The highest BCUT2D eigenvalue weighted by Gasteiger charge is 2.52. The third-order valence-corrected chi connectivity index (χ3v) is 4.44. The van der Waals surface area contributed by atoms with E-state index in [0.717, 1.165) is 17.7 Å². The molecule has 0 radical (unpaired) electrons. The summed E-state index contributed by atoms with van der Waals surface area (Å²) in [4.78, 5) is 36.7. The van der Waals surface area contributed by atoms with Gasteiger partial charge in [-0.25, -0.2) is 0 Å². The summed E-state index contributed by atoms with van der Waals surface area (Å²) in [6.07, 6.45) is -1.35. The fourth-order valence-corrected chi connectivity index (χ4v) is 3.16. The van der Waals surface area contributed by atoms with Crippen LogP contribution in [0.25, 0.3) is 0 Å². The molecule has 7 heteroatoms. The fourth-order valence-electron chi connectivity index (χ4n) is 3.16. The fraction of sp³-hybridized carbons (Fsp3) is 0.389. The molecular weight excluding hydrogens is 328 g/mol. The number of hydrogen-bond donors (Lipinski definition) is 3. The Bertz CT molecular complexity index is 774. The Hall–Kier alpha value is -2.67. The average Bonchev–Trinajstić information content (AvgIpc) is 2.51. The van der Waals surface area contributed by atoms with Crippen LogP contribution in [0.15, 0.2) is 23.8 Å². The SMILES string of the molecule is CC(C)=CCC(O)C1(CC(=O)[O-])CC(=O)c2c(O)ccc(O)c2C1=O. The maximum atomic E-state index is 13.0. The van der Waals surface area contributed by atoms with Crippen LogP contribution < -0.4 is 5.11 Å². The molecule has 1 aromatic rings. The summed E-state index contributed by atoms with van der Waals surface area (Å²) in [5.74, 6) is -4.25. The second kappa shape index (κ2) is 6.68. The average molecular weight is 347 g/mol. The lowest BCUT2D eigenvalue weighted by Crippen LogP contribution is -2.50. The highest BCUT2D eigenvalue weighted by atomic mass is 16.4. The summed E-state index contributed by atoms with van der Waals surface area (Å²) >= 11 is 0. The van der Waals surface area contributed by atoms with Crippen molar-refractivity contribution in [3.8, 4) is 11.5 Å². The van der Waals surface area contributed by atoms with Crippen molar-refractivity contribution in [1.82, 2.24) is 0 Å². The molecule has 0 aromatic heterocycles. The Kier molecular flexibility index (Phi) is 4.99. The topological polar surface area (TPSA) is 135 Å². The van der Waals surface area contributed by atoms with Crippen molar-refractivity contribution in [3.05, 3.63) is 34.9 Å². The van der Waals surface area contributed by atoms with Crippen LogP contribution in [0.4, 0.5) is 0 Å². The minimum absolute atomic E-state index is 0.0382. The number of carbonyl (C=O) groups is 3. The van der Waals surface area contributed by atoms with E-state index in [1.165, 1.54) is 0 Å². The first kappa shape index (κ1) is 18.7.